The van der Waals surface area contributed by atoms with Crippen LogP contribution in [-0.4, -0.2) is 36.2 Å². The van der Waals surface area contributed by atoms with Crippen LogP contribution in [0.25, 0.3) is 33.4 Å². The molecule has 1 atom stereocenters. The highest BCUT2D eigenvalue weighted by atomic mass is 19.4. The number of aryl methyl sites for hydroxylation is 1. The fourth-order valence-electron chi connectivity index (χ4n) is 3.37. The van der Waals surface area contributed by atoms with E-state index in [1.807, 2.05) is 0 Å². The number of hydrogen-bond donors (Lipinski definition) is 1. The van der Waals surface area contributed by atoms with Crippen LogP contribution >= 0.6 is 0 Å². The summed E-state index contributed by atoms with van der Waals surface area (Å²) in [5, 5.41) is 9.69. The minimum absolute atomic E-state index is 0.218. The quantitative estimate of drug-likeness (QED) is 0.518. The molecule has 0 aliphatic carbocycles. The highest BCUT2D eigenvalue weighted by molar-refractivity contribution is 5.93. The molecule has 164 valence electrons. The van der Waals surface area contributed by atoms with Crippen LogP contribution in [-0.2, 0) is 6.18 Å². The second kappa shape index (κ2) is 8.12. The van der Waals surface area contributed by atoms with Crippen LogP contribution in [0.2, 0.25) is 0 Å². The zero-order chi connectivity index (χ0) is 23.0. The van der Waals surface area contributed by atoms with Gasteiger partial charge in [0, 0.05) is 29.7 Å². The molecule has 7 nitrogen and oxygen atoms in total. The lowest BCUT2D eigenvalue weighted by Gasteiger charge is -2.15. The maximum absolute atomic E-state index is 13.2. The molecule has 4 rings (SSSR count). The van der Waals surface area contributed by atoms with Crippen molar-refractivity contribution in [2.45, 2.75) is 26.1 Å². The van der Waals surface area contributed by atoms with E-state index < -0.39 is 23.5 Å². The molecule has 0 spiro atoms. The number of halogens is 3. The van der Waals surface area contributed by atoms with Crippen molar-refractivity contribution in [3.05, 3.63) is 70.8 Å². The Balaban J connectivity index is 2.02. The van der Waals surface area contributed by atoms with Gasteiger partial charge in [-0.05, 0) is 43.7 Å². The third-order valence-electron chi connectivity index (χ3n) is 5.12. The molecule has 0 aliphatic heterocycles. The lowest BCUT2D eigenvalue weighted by molar-refractivity contribution is -0.141. The van der Waals surface area contributed by atoms with Gasteiger partial charge in [-0.15, -0.1) is 0 Å². The van der Waals surface area contributed by atoms with Crippen molar-refractivity contribution in [2.24, 2.45) is 0 Å². The predicted molar refractivity (Wildman–Crippen MR) is 112 cm³/mol. The molecule has 32 heavy (non-hydrogen) atoms. The Kier molecular flexibility index (Phi) is 5.47. The van der Waals surface area contributed by atoms with Crippen LogP contribution in [0.15, 0.2) is 54.0 Å². The summed E-state index contributed by atoms with van der Waals surface area (Å²) in [5.74, 6) is 0. The Bertz CT molecular complexity index is 1350. The molecule has 0 saturated carbocycles. The smallest absolute Gasteiger partial charge is 0.394 e. The third-order valence-corrected chi connectivity index (χ3v) is 5.12. The van der Waals surface area contributed by atoms with Gasteiger partial charge >= 0.3 is 6.18 Å². The van der Waals surface area contributed by atoms with E-state index in [-0.39, 0.29) is 17.7 Å². The standard InChI is InChI=1S/C22H18F3N5O2/c1-12-6-18(22(23,24)25)27-9-16(12)17-7-15-20(19(29-17)14-4-3-5-26-8-14)28-11-30(21(15)32)13(2)10-31/h3-9,11,13,31H,10H2,1-2H3/t13-/m0/s1. The molecular weight excluding hydrogens is 423 g/mol. The Morgan fingerprint density at radius 2 is 1.97 bits per heavy atom. The average Bonchev–Trinajstić information content (AvgIpc) is 2.78. The SMILES string of the molecule is Cc1cc(C(F)(F)F)ncc1-c1cc2c(=O)n([C@@H](C)CO)cnc2c(-c2cccnc2)n1. The van der Waals surface area contributed by atoms with Gasteiger partial charge in [0.25, 0.3) is 5.56 Å². The zero-order valence-electron chi connectivity index (χ0n) is 17.1. The van der Waals surface area contributed by atoms with E-state index in [0.29, 0.717) is 27.9 Å². The van der Waals surface area contributed by atoms with Crippen molar-refractivity contribution in [3.63, 3.8) is 0 Å². The molecule has 0 unspecified atom stereocenters. The van der Waals surface area contributed by atoms with E-state index in [4.69, 9.17) is 0 Å². The van der Waals surface area contributed by atoms with Gasteiger partial charge in [-0.3, -0.25) is 19.3 Å². The molecule has 4 heterocycles. The van der Waals surface area contributed by atoms with Crippen LogP contribution in [0.1, 0.15) is 24.2 Å². The zero-order valence-corrected chi connectivity index (χ0v) is 17.1. The molecule has 1 N–H and O–H groups in total. The highest BCUT2D eigenvalue weighted by Crippen LogP contribution is 2.33. The molecule has 0 fully saturated rings. The van der Waals surface area contributed by atoms with Gasteiger partial charge in [0.1, 0.15) is 11.2 Å². The van der Waals surface area contributed by atoms with Crippen molar-refractivity contribution in [1.29, 1.82) is 0 Å². The van der Waals surface area contributed by atoms with Crippen molar-refractivity contribution in [2.75, 3.05) is 6.61 Å². The summed E-state index contributed by atoms with van der Waals surface area (Å²) >= 11 is 0. The first-order chi connectivity index (χ1) is 15.2. The Hall–Kier alpha value is -3.66. The van der Waals surface area contributed by atoms with E-state index >= 15 is 0 Å². The van der Waals surface area contributed by atoms with E-state index in [0.717, 1.165) is 12.3 Å². The van der Waals surface area contributed by atoms with E-state index in [1.54, 1.807) is 31.5 Å². The van der Waals surface area contributed by atoms with Crippen LogP contribution < -0.4 is 5.56 Å². The molecule has 4 aromatic heterocycles. The van der Waals surface area contributed by atoms with Gasteiger partial charge in [-0.2, -0.15) is 13.2 Å². The summed E-state index contributed by atoms with van der Waals surface area (Å²) in [7, 11) is 0. The summed E-state index contributed by atoms with van der Waals surface area (Å²) in [6.45, 7) is 2.93. The van der Waals surface area contributed by atoms with Gasteiger partial charge < -0.3 is 5.11 Å². The van der Waals surface area contributed by atoms with Crippen LogP contribution in [0, 0.1) is 6.92 Å². The predicted octanol–water partition coefficient (Wildman–Crippen LogP) is 3.80. The fourth-order valence-corrected chi connectivity index (χ4v) is 3.37. The monoisotopic (exact) mass is 441 g/mol. The molecule has 0 bridgehead atoms. The first-order valence-electron chi connectivity index (χ1n) is 9.68. The topological polar surface area (TPSA) is 93.8 Å². The van der Waals surface area contributed by atoms with Gasteiger partial charge in [0.2, 0.25) is 0 Å². The molecule has 4 aromatic rings. The van der Waals surface area contributed by atoms with Crippen LogP contribution in [0.5, 0.6) is 0 Å². The molecule has 0 saturated heterocycles. The molecule has 0 amide bonds. The lowest BCUT2D eigenvalue weighted by atomic mass is 10.0. The van der Waals surface area contributed by atoms with E-state index in [1.165, 1.54) is 23.9 Å². The number of nitrogens with zero attached hydrogens (tertiary/aromatic N) is 5. The Labute approximate surface area is 180 Å². The van der Waals surface area contributed by atoms with Crippen LogP contribution in [0.3, 0.4) is 0 Å². The summed E-state index contributed by atoms with van der Waals surface area (Å²) in [6, 6.07) is 5.38. The second-order valence-electron chi connectivity index (χ2n) is 7.36. The van der Waals surface area contributed by atoms with Crippen molar-refractivity contribution < 1.29 is 18.3 Å². The second-order valence-corrected chi connectivity index (χ2v) is 7.36. The van der Waals surface area contributed by atoms with Crippen LogP contribution in [0.4, 0.5) is 13.2 Å². The first kappa shape index (κ1) is 21.6. The number of aliphatic hydroxyl groups is 1. The van der Waals surface area contributed by atoms with Gasteiger partial charge in [-0.1, -0.05) is 0 Å². The molecular formula is C22H18F3N5O2. The van der Waals surface area contributed by atoms with Crippen molar-refractivity contribution >= 4 is 10.9 Å². The minimum Gasteiger partial charge on any atom is -0.394 e. The van der Waals surface area contributed by atoms with Gasteiger partial charge in [0.15, 0.2) is 0 Å². The molecule has 10 heteroatoms. The Morgan fingerprint density at radius 3 is 2.59 bits per heavy atom. The number of fused-ring (bicyclic) bond motifs is 1. The maximum atomic E-state index is 13.2. The number of aromatic nitrogens is 5. The van der Waals surface area contributed by atoms with Crippen molar-refractivity contribution in [1.82, 2.24) is 24.5 Å². The highest BCUT2D eigenvalue weighted by Gasteiger charge is 2.33. The average molecular weight is 441 g/mol. The number of rotatable bonds is 4. The number of pyridine rings is 3. The normalized spacial score (nSPS) is 12.8. The Morgan fingerprint density at radius 1 is 1.19 bits per heavy atom. The lowest BCUT2D eigenvalue weighted by Crippen LogP contribution is -2.26. The first-order valence-corrected chi connectivity index (χ1v) is 9.68. The maximum Gasteiger partial charge on any atom is 0.433 e. The molecule has 0 radical (unpaired) electrons. The van der Waals surface area contributed by atoms with Crippen molar-refractivity contribution in [3.8, 4) is 22.5 Å². The fraction of sp³-hybridized carbons (Fsp3) is 0.227. The summed E-state index contributed by atoms with van der Waals surface area (Å²) in [4.78, 5) is 29.8. The minimum atomic E-state index is -4.57. The number of aliphatic hydroxyl groups excluding tert-OH is 1. The molecule has 0 aliphatic rings. The molecule has 0 aromatic carbocycles. The van der Waals surface area contributed by atoms with Gasteiger partial charge in [0.05, 0.1) is 35.8 Å². The summed E-state index contributed by atoms with van der Waals surface area (Å²) in [5.41, 5.74) is 0.826. The summed E-state index contributed by atoms with van der Waals surface area (Å²) in [6.07, 6.45) is 1.02. The third kappa shape index (κ3) is 3.84. The van der Waals surface area contributed by atoms with E-state index in [2.05, 4.69) is 19.9 Å². The largest absolute Gasteiger partial charge is 0.433 e. The summed E-state index contributed by atoms with van der Waals surface area (Å²) < 4.78 is 40.4. The number of hydrogen-bond acceptors (Lipinski definition) is 6. The number of alkyl halides is 3. The van der Waals surface area contributed by atoms with E-state index in [9.17, 15) is 23.1 Å². The van der Waals surface area contributed by atoms with Gasteiger partial charge in [-0.25, -0.2) is 9.97 Å².